The molecule has 2 aromatic heterocycles. The number of hydrogen-bond acceptors (Lipinski definition) is 8. The van der Waals surface area contributed by atoms with Gasteiger partial charge in [0.1, 0.15) is 49.4 Å². The first-order valence-electron chi connectivity index (χ1n) is 20.4. The number of fused-ring (bicyclic) bond motifs is 3. The third kappa shape index (κ3) is 7.24. The van der Waals surface area contributed by atoms with Gasteiger partial charge in [-0.2, -0.15) is 9.97 Å². The highest BCUT2D eigenvalue weighted by Crippen LogP contribution is 2.44. The molecule has 0 unspecified atom stereocenters. The molecule has 0 N–H and O–H groups in total. The summed E-state index contributed by atoms with van der Waals surface area (Å²) in [5.74, 6) is 3.14. The molecule has 7 rings (SSSR count). The molecular weight excluding hydrogens is 732 g/mol. The molecule has 8 nitrogen and oxygen atoms in total. The maximum atomic E-state index is 17.5. The summed E-state index contributed by atoms with van der Waals surface area (Å²) in [7, 11) is -0.752. The van der Waals surface area contributed by atoms with E-state index in [0.29, 0.717) is 62.9 Å². The van der Waals surface area contributed by atoms with Crippen LogP contribution in [-0.2, 0) is 4.74 Å². The predicted molar refractivity (Wildman–Crippen MR) is 220 cm³/mol. The Morgan fingerprint density at radius 1 is 0.982 bits per heavy atom. The molecule has 0 amide bonds. The summed E-state index contributed by atoms with van der Waals surface area (Å²) in [5, 5.41) is 1.54. The summed E-state index contributed by atoms with van der Waals surface area (Å²) in [4.78, 5) is 18.7. The lowest BCUT2D eigenvalue weighted by Gasteiger charge is -2.38. The lowest BCUT2D eigenvalue weighted by Crippen LogP contribution is -2.43. The van der Waals surface area contributed by atoms with Crippen LogP contribution in [0.5, 0.6) is 11.8 Å². The molecule has 12 heteroatoms. The number of methoxy groups -OCH3 is 1. The Morgan fingerprint density at radius 3 is 2.46 bits per heavy atom. The lowest BCUT2D eigenvalue weighted by molar-refractivity contribution is 0.0512. The molecular formula is C44H56F3N5O3Si. The highest BCUT2D eigenvalue weighted by atomic mass is 28.3. The highest BCUT2D eigenvalue weighted by Gasteiger charge is 2.49. The van der Waals surface area contributed by atoms with E-state index >= 15 is 8.78 Å². The first kappa shape index (κ1) is 40.3. The van der Waals surface area contributed by atoms with Crippen molar-refractivity contribution in [3.05, 3.63) is 47.7 Å². The van der Waals surface area contributed by atoms with Crippen molar-refractivity contribution >= 4 is 35.6 Å². The number of pyridine rings is 1. The largest absolute Gasteiger partial charge is 0.468 e. The molecule has 3 aliphatic rings. The number of piperidine rings is 1. The Kier molecular flexibility index (Phi) is 11.6. The first-order chi connectivity index (χ1) is 26.8. The maximum absolute atomic E-state index is 17.5. The fourth-order valence-electron chi connectivity index (χ4n) is 10.1. The van der Waals surface area contributed by atoms with Gasteiger partial charge in [0, 0.05) is 49.8 Å². The van der Waals surface area contributed by atoms with Gasteiger partial charge in [-0.05, 0) is 85.8 Å². The van der Waals surface area contributed by atoms with Crippen molar-refractivity contribution in [1.29, 1.82) is 0 Å². The van der Waals surface area contributed by atoms with Crippen LogP contribution in [0.1, 0.15) is 92.6 Å². The number of hydrogen-bond donors (Lipinski definition) is 0. The monoisotopic (exact) mass is 787 g/mol. The summed E-state index contributed by atoms with van der Waals surface area (Å²) in [6.45, 7) is 17.6. The summed E-state index contributed by atoms with van der Waals surface area (Å²) in [6, 6.07) is 6.74. The van der Waals surface area contributed by atoms with Gasteiger partial charge in [0.05, 0.1) is 16.5 Å². The second-order valence-electron chi connectivity index (χ2n) is 17.1. The van der Waals surface area contributed by atoms with E-state index in [1.54, 1.807) is 24.4 Å². The standard InChI is InChI=1S/C44H56F3N5O3Si/c1-27(2)56(28(3)4,29(5)6)19-15-34-37(46)14-13-31-20-33(55-26-53-8)21-35(38(31)34)40-39(47)41-36(23-48-40)42(52-18-10-9-12-30(52)7)50-43(49-41)54-25-44-16-11-17-51(44)24-32(45)22-44/h13-14,20-21,23,27-30,32H,9-12,16-18,22,24-26H2,1-8H3/t30-,32+,44-/m0/s1. The highest BCUT2D eigenvalue weighted by molar-refractivity contribution is 6.90. The molecule has 3 aliphatic heterocycles. The van der Waals surface area contributed by atoms with E-state index in [0.717, 1.165) is 45.2 Å². The summed E-state index contributed by atoms with van der Waals surface area (Å²) in [6.07, 6.45) is 5.92. The van der Waals surface area contributed by atoms with Crippen LogP contribution in [0.25, 0.3) is 32.9 Å². The van der Waals surface area contributed by atoms with Gasteiger partial charge in [-0.25, -0.2) is 13.2 Å². The molecule has 300 valence electrons. The molecule has 3 atom stereocenters. The zero-order chi connectivity index (χ0) is 39.9. The molecule has 0 radical (unpaired) electrons. The summed E-state index contributed by atoms with van der Waals surface area (Å²) < 4.78 is 65.9. The van der Waals surface area contributed by atoms with Crippen molar-refractivity contribution in [1.82, 2.24) is 19.9 Å². The van der Waals surface area contributed by atoms with Crippen molar-refractivity contribution < 1.29 is 27.4 Å². The van der Waals surface area contributed by atoms with E-state index < -0.39 is 31.4 Å². The molecule has 4 aromatic rings. The Hall–Kier alpha value is -3.92. The van der Waals surface area contributed by atoms with Crippen LogP contribution in [0.2, 0.25) is 16.6 Å². The fraction of sp³-hybridized carbons (Fsp3) is 0.568. The lowest BCUT2D eigenvalue weighted by atomic mass is 9.95. The number of benzene rings is 2. The Balaban J connectivity index is 1.43. The smallest absolute Gasteiger partial charge is 0.319 e. The molecule has 0 saturated carbocycles. The van der Waals surface area contributed by atoms with Gasteiger partial charge in [0.25, 0.3) is 0 Å². The average molecular weight is 788 g/mol. The van der Waals surface area contributed by atoms with E-state index in [1.807, 2.05) is 0 Å². The minimum Gasteiger partial charge on any atom is -0.468 e. The van der Waals surface area contributed by atoms with Gasteiger partial charge in [0.15, 0.2) is 12.6 Å². The Bertz CT molecular complexity index is 2130. The minimum absolute atomic E-state index is 0.0157. The van der Waals surface area contributed by atoms with Crippen LogP contribution in [0.15, 0.2) is 30.5 Å². The average Bonchev–Trinajstić information content (AvgIpc) is 3.69. The van der Waals surface area contributed by atoms with Crippen molar-refractivity contribution in [2.24, 2.45) is 0 Å². The third-order valence-electron chi connectivity index (χ3n) is 12.9. The molecule has 0 aliphatic carbocycles. The van der Waals surface area contributed by atoms with E-state index in [2.05, 4.69) is 69.7 Å². The number of nitrogens with zero attached hydrogens (tertiary/aromatic N) is 5. The maximum Gasteiger partial charge on any atom is 0.319 e. The van der Waals surface area contributed by atoms with Gasteiger partial charge in [0.2, 0.25) is 0 Å². The van der Waals surface area contributed by atoms with Crippen LogP contribution in [0, 0.1) is 23.1 Å². The van der Waals surface area contributed by atoms with Gasteiger partial charge >= 0.3 is 6.01 Å². The zero-order valence-corrected chi connectivity index (χ0v) is 35.1. The van der Waals surface area contributed by atoms with Crippen molar-refractivity contribution in [3.8, 4) is 34.5 Å². The van der Waals surface area contributed by atoms with Gasteiger partial charge < -0.3 is 19.1 Å². The van der Waals surface area contributed by atoms with Crippen LogP contribution in [0.4, 0.5) is 19.0 Å². The minimum atomic E-state index is -2.28. The third-order valence-corrected chi connectivity index (χ3v) is 19.1. The fourth-order valence-corrected chi connectivity index (χ4v) is 15.3. The van der Waals surface area contributed by atoms with Gasteiger partial charge in [-0.1, -0.05) is 53.5 Å². The van der Waals surface area contributed by atoms with Crippen molar-refractivity contribution in [3.63, 3.8) is 0 Å². The number of halogens is 3. The molecule has 3 fully saturated rings. The zero-order valence-electron chi connectivity index (χ0n) is 34.1. The van der Waals surface area contributed by atoms with Crippen LogP contribution >= 0.6 is 0 Å². The molecule has 3 saturated heterocycles. The normalized spacial score (nSPS) is 21.7. The number of anilines is 1. The Labute approximate surface area is 330 Å². The van der Waals surface area contributed by atoms with E-state index in [4.69, 9.17) is 29.2 Å². The number of rotatable bonds is 11. The first-order valence-corrected chi connectivity index (χ1v) is 22.6. The van der Waals surface area contributed by atoms with Crippen molar-refractivity contribution in [2.75, 3.05) is 45.0 Å². The van der Waals surface area contributed by atoms with Crippen molar-refractivity contribution in [2.45, 2.75) is 121 Å². The molecule has 56 heavy (non-hydrogen) atoms. The molecule has 0 spiro atoms. The summed E-state index contributed by atoms with van der Waals surface area (Å²) in [5.41, 5.74) is 4.81. The second-order valence-corrected chi connectivity index (χ2v) is 22.7. The SMILES string of the molecule is COCOc1cc(-c2ncc3c(N4CCCC[C@@H]4C)nc(OC[C@@]45CCCN4C[C@H](F)C5)nc3c2F)c2c(C#C[Si](C(C)C)(C(C)C)C(C)C)c(F)ccc2c1. The number of ether oxygens (including phenoxy) is 3. The quantitative estimate of drug-likeness (QED) is 0.0846. The van der Waals surface area contributed by atoms with E-state index in [1.165, 1.54) is 13.2 Å². The molecule has 5 heterocycles. The van der Waals surface area contributed by atoms with Crippen LogP contribution < -0.4 is 14.4 Å². The predicted octanol–water partition coefficient (Wildman–Crippen LogP) is 10.0. The van der Waals surface area contributed by atoms with Gasteiger partial charge in [-0.3, -0.25) is 9.88 Å². The van der Waals surface area contributed by atoms with E-state index in [9.17, 15) is 4.39 Å². The summed E-state index contributed by atoms with van der Waals surface area (Å²) >= 11 is 0. The number of alkyl halides is 1. The topological polar surface area (TPSA) is 72.8 Å². The van der Waals surface area contributed by atoms with Crippen LogP contribution in [-0.4, -0.2) is 85.8 Å². The molecule has 2 aromatic carbocycles. The van der Waals surface area contributed by atoms with Crippen LogP contribution in [0.3, 0.4) is 0 Å². The Morgan fingerprint density at radius 2 is 1.75 bits per heavy atom. The molecule has 0 bridgehead atoms. The van der Waals surface area contributed by atoms with E-state index in [-0.39, 0.29) is 42.2 Å². The second kappa shape index (κ2) is 16.1. The van der Waals surface area contributed by atoms with Gasteiger partial charge in [-0.15, -0.1) is 5.54 Å². The number of aromatic nitrogens is 3.